The van der Waals surface area contributed by atoms with Gasteiger partial charge in [-0.2, -0.15) is 0 Å². The van der Waals surface area contributed by atoms with Gasteiger partial charge in [-0.1, -0.05) is 27.5 Å². The predicted octanol–water partition coefficient (Wildman–Crippen LogP) is 2.70. The van der Waals surface area contributed by atoms with E-state index in [0.717, 1.165) is 4.47 Å². The first-order valence-electron chi connectivity index (χ1n) is 5.46. The molecule has 0 aromatic heterocycles. The molecule has 1 aromatic carbocycles. The third-order valence-corrected chi connectivity index (χ3v) is 3.82. The number of halogens is 2. The highest BCUT2D eigenvalue weighted by molar-refractivity contribution is 9.10. The average molecular weight is 333 g/mol. The topological polar surface area (TPSA) is 66.4 Å². The molecule has 0 aliphatic heterocycles. The van der Waals surface area contributed by atoms with Crippen LogP contribution in [0.2, 0.25) is 5.02 Å². The van der Waals surface area contributed by atoms with Crippen molar-refractivity contribution < 1.29 is 14.7 Å². The van der Waals surface area contributed by atoms with Crippen molar-refractivity contribution in [3.8, 4) is 0 Å². The van der Waals surface area contributed by atoms with E-state index in [0.29, 0.717) is 23.4 Å². The van der Waals surface area contributed by atoms with E-state index in [1.165, 1.54) is 0 Å². The molecule has 0 heterocycles. The van der Waals surface area contributed by atoms with Gasteiger partial charge in [0.1, 0.15) is 0 Å². The van der Waals surface area contributed by atoms with Crippen molar-refractivity contribution in [2.24, 2.45) is 5.92 Å². The first-order valence-corrected chi connectivity index (χ1v) is 6.63. The molecule has 0 bridgehead atoms. The SMILES string of the molecule is O=C(NC1CC(C(=O)O)C1)c1cc(Br)ccc1Cl. The Morgan fingerprint density at radius 3 is 2.67 bits per heavy atom. The molecule has 1 amide bonds. The molecular weight excluding hydrogens is 321 g/mol. The summed E-state index contributed by atoms with van der Waals surface area (Å²) in [7, 11) is 0. The largest absolute Gasteiger partial charge is 0.481 e. The van der Waals surface area contributed by atoms with Crippen LogP contribution in [0.5, 0.6) is 0 Å². The molecule has 0 spiro atoms. The fraction of sp³-hybridized carbons (Fsp3) is 0.333. The summed E-state index contributed by atoms with van der Waals surface area (Å²) in [5.41, 5.74) is 0.393. The maximum atomic E-state index is 11.9. The molecule has 1 fully saturated rings. The van der Waals surface area contributed by atoms with Gasteiger partial charge in [-0.25, -0.2) is 0 Å². The summed E-state index contributed by atoms with van der Waals surface area (Å²) in [5, 5.41) is 11.9. The van der Waals surface area contributed by atoms with Gasteiger partial charge in [0.25, 0.3) is 5.91 Å². The van der Waals surface area contributed by atoms with E-state index in [1.807, 2.05) is 0 Å². The summed E-state index contributed by atoms with van der Waals surface area (Å²) >= 11 is 9.21. The lowest BCUT2D eigenvalue weighted by atomic mass is 9.80. The summed E-state index contributed by atoms with van der Waals surface area (Å²) in [6, 6.07) is 4.96. The molecule has 0 saturated heterocycles. The molecular formula is C12H11BrClNO3. The van der Waals surface area contributed by atoms with Crippen molar-refractivity contribution in [1.82, 2.24) is 5.32 Å². The molecule has 0 unspecified atom stereocenters. The normalized spacial score (nSPS) is 22.1. The quantitative estimate of drug-likeness (QED) is 0.894. The Bertz CT molecular complexity index is 500. The molecule has 6 heteroatoms. The van der Waals surface area contributed by atoms with E-state index in [1.54, 1.807) is 18.2 Å². The third kappa shape index (κ3) is 2.84. The highest BCUT2D eigenvalue weighted by Gasteiger charge is 2.35. The second-order valence-electron chi connectivity index (χ2n) is 4.30. The van der Waals surface area contributed by atoms with Gasteiger partial charge in [-0.05, 0) is 31.0 Å². The van der Waals surface area contributed by atoms with Gasteiger partial charge in [-0.15, -0.1) is 0 Å². The van der Waals surface area contributed by atoms with Crippen LogP contribution in [0.3, 0.4) is 0 Å². The Morgan fingerprint density at radius 2 is 2.06 bits per heavy atom. The molecule has 0 atom stereocenters. The number of hydrogen-bond acceptors (Lipinski definition) is 2. The second-order valence-corrected chi connectivity index (χ2v) is 5.62. The van der Waals surface area contributed by atoms with Crippen LogP contribution in [-0.2, 0) is 4.79 Å². The van der Waals surface area contributed by atoms with Crippen molar-refractivity contribution in [3.63, 3.8) is 0 Å². The van der Waals surface area contributed by atoms with Gasteiger partial charge < -0.3 is 10.4 Å². The Morgan fingerprint density at radius 1 is 1.39 bits per heavy atom. The van der Waals surface area contributed by atoms with Crippen molar-refractivity contribution >= 4 is 39.4 Å². The number of nitrogens with one attached hydrogen (secondary N) is 1. The van der Waals surface area contributed by atoms with Crippen LogP contribution in [0.4, 0.5) is 0 Å². The lowest BCUT2D eigenvalue weighted by molar-refractivity contribution is -0.145. The molecule has 18 heavy (non-hydrogen) atoms. The summed E-state index contributed by atoms with van der Waals surface area (Å²) in [6.45, 7) is 0. The minimum atomic E-state index is -0.805. The van der Waals surface area contributed by atoms with Crippen molar-refractivity contribution in [3.05, 3.63) is 33.3 Å². The minimum Gasteiger partial charge on any atom is -0.481 e. The Labute approximate surface area is 117 Å². The van der Waals surface area contributed by atoms with Crippen molar-refractivity contribution in [2.45, 2.75) is 18.9 Å². The number of carboxylic acid groups (broad SMARTS) is 1. The maximum absolute atomic E-state index is 11.9. The predicted molar refractivity (Wildman–Crippen MR) is 70.8 cm³/mol. The fourth-order valence-corrected chi connectivity index (χ4v) is 2.44. The molecule has 1 aliphatic rings. The van der Waals surface area contributed by atoms with E-state index in [4.69, 9.17) is 16.7 Å². The number of amides is 1. The van der Waals surface area contributed by atoms with Crippen LogP contribution in [-0.4, -0.2) is 23.0 Å². The molecule has 0 radical (unpaired) electrons. The van der Waals surface area contributed by atoms with Gasteiger partial charge in [0.2, 0.25) is 0 Å². The Hall–Kier alpha value is -1.07. The first kappa shape index (κ1) is 13.4. The van der Waals surface area contributed by atoms with Crippen LogP contribution >= 0.6 is 27.5 Å². The summed E-state index contributed by atoms with van der Waals surface area (Å²) < 4.78 is 0.772. The van der Waals surface area contributed by atoms with Crippen LogP contribution in [0.15, 0.2) is 22.7 Å². The molecule has 1 aromatic rings. The minimum absolute atomic E-state index is 0.0753. The van der Waals surface area contributed by atoms with E-state index in [2.05, 4.69) is 21.2 Å². The molecule has 1 aliphatic carbocycles. The highest BCUT2D eigenvalue weighted by Crippen LogP contribution is 2.28. The van der Waals surface area contributed by atoms with Crippen LogP contribution in [0.25, 0.3) is 0 Å². The van der Waals surface area contributed by atoms with Gasteiger partial charge in [0.15, 0.2) is 0 Å². The summed E-state index contributed by atoms with van der Waals surface area (Å²) in [4.78, 5) is 22.6. The van der Waals surface area contributed by atoms with E-state index >= 15 is 0 Å². The third-order valence-electron chi connectivity index (χ3n) is 3.00. The number of hydrogen-bond donors (Lipinski definition) is 2. The van der Waals surface area contributed by atoms with Gasteiger partial charge in [0, 0.05) is 10.5 Å². The second kappa shape index (κ2) is 5.28. The van der Waals surface area contributed by atoms with Crippen LogP contribution in [0, 0.1) is 5.92 Å². The highest BCUT2D eigenvalue weighted by atomic mass is 79.9. The van der Waals surface area contributed by atoms with E-state index in [-0.39, 0.29) is 17.9 Å². The standard InChI is InChI=1S/C12H11BrClNO3/c13-7-1-2-10(14)9(5-7)11(16)15-8-3-6(4-8)12(17)18/h1-2,5-6,8H,3-4H2,(H,15,16)(H,17,18). The molecule has 2 N–H and O–H groups in total. The lowest BCUT2D eigenvalue weighted by Gasteiger charge is -2.32. The number of carbonyl (C=O) groups is 2. The monoisotopic (exact) mass is 331 g/mol. The number of carbonyl (C=O) groups excluding carboxylic acids is 1. The zero-order valence-electron chi connectivity index (χ0n) is 9.32. The maximum Gasteiger partial charge on any atom is 0.306 e. The average Bonchev–Trinajstić information content (AvgIpc) is 2.25. The first-order chi connectivity index (χ1) is 8.47. The molecule has 2 rings (SSSR count). The smallest absolute Gasteiger partial charge is 0.306 e. The summed E-state index contributed by atoms with van der Waals surface area (Å²) in [5.74, 6) is -1.41. The Balaban J connectivity index is 1.97. The van der Waals surface area contributed by atoms with Gasteiger partial charge >= 0.3 is 5.97 Å². The van der Waals surface area contributed by atoms with E-state index in [9.17, 15) is 9.59 Å². The molecule has 4 nitrogen and oxygen atoms in total. The zero-order valence-corrected chi connectivity index (χ0v) is 11.7. The van der Waals surface area contributed by atoms with Crippen molar-refractivity contribution in [1.29, 1.82) is 0 Å². The van der Waals surface area contributed by atoms with Gasteiger partial charge in [0.05, 0.1) is 16.5 Å². The van der Waals surface area contributed by atoms with Crippen LogP contribution in [0.1, 0.15) is 23.2 Å². The fourth-order valence-electron chi connectivity index (χ4n) is 1.87. The van der Waals surface area contributed by atoms with Crippen LogP contribution < -0.4 is 5.32 Å². The lowest BCUT2D eigenvalue weighted by Crippen LogP contribution is -2.46. The van der Waals surface area contributed by atoms with Gasteiger partial charge in [-0.3, -0.25) is 9.59 Å². The number of benzene rings is 1. The molecule has 96 valence electrons. The van der Waals surface area contributed by atoms with Crippen molar-refractivity contribution in [2.75, 3.05) is 0 Å². The summed E-state index contributed by atoms with van der Waals surface area (Å²) in [6.07, 6.45) is 0.958. The number of carboxylic acids is 1. The number of rotatable bonds is 3. The molecule has 1 saturated carbocycles. The Kier molecular flexibility index (Phi) is 3.92. The van der Waals surface area contributed by atoms with E-state index < -0.39 is 5.97 Å². The zero-order chi connectivity index (χ0) is 13.3. The number of aliphatic carboxylic acids is 1.